The lowest BCUT2D eigenvalue weighted by Crippen LogP contribution is -2.41. The minimum atomic E-state index is -3.56. The average Bonchev–Trinajstić information content (AvgIpc) is 3.26. The summed E-state index contributed by atoms with van der Waals surface area (Å²) in [5, 5.41) is 0. The van der Waals surface area contributed by atoms with E-state index in [4.69, 9.17) is 10.5 Å². The van der Waals surface area contributed by atoms with Crippen molar-refractivity contribution in [3.05, 3.63) is 22.7 Å². The highest BCUT2D eigenvalue weighted by Crippen LogP contribution is 2.37. The molecular weight excluding hydrogens is 356 g/mol. The van der Waals surface area contributed by atoms with Crippen molar-refractivity contribution in [1.29, 1.82) is 0 Å². The fraction of sp³-hybridized carbons (Fsp3) is 0.571. The van der Waals surface area contributed by atoms with Crippen LogP contribution in [0, 0.1) is 5.92 Å². The molecule has 2 N–H and O–H groups in total. The van der Waals surface area contributed by atoms with E-state index in [2.05, 4.69) is 15.9 Å². The Balaban J connectivity index is 2.33. The van der Waals surface area contributed by atoms with Crippen molar-refractivity contribution in [2.45, 2.75) is 30.7 Å². The number of benzene rings is 1. The first-order valence-corrected chi connectivity index (χ1v) is 9.17. The molecule has 1 fully saturated rings. The van der Waals surface area contributed by atoms with Crippen molar-refractivity contribution < 1.29 is 13.2 Å². The van der Waals surface area contributed by atoms with Crippen molar-refractivity contribution in [1.82, 2.24) is 4.31 Å². The van der Waals surface area contributed by atoms with Gasteiger partial charge in [-0.25, -0.2) is 8.42 Å². The van der Waals surface area contributed by atoms with E-state index >= 15 is 0 Å². The van der Waals surface area contributed by atoms with E-state index in [1.54, 1.807) is 19.2 Å². The predicted molar refractivity (Wildman–Crippen MR) is 86.5 cm³/mol. The van der Waals surface area contributed by atoms with E-state index in [9.17, 15) is 8.42 Å². The molecule has 0 saturated heterocycles. The Hall–Kier alpha value is -0.630. The van der Waals surface area contributed by atoms with Crippen LogP contribution < -0.4 is 5.73 Å². The quantitative estimate of drug-likeness (QED) is 0.741. The molecule has 1 atom stereocenters. The van der Waals surface area contributed by atoms with Gasteiger partial charge in [0, 0.05) is 29.9 Å². The van der Waals surface area contributed by atoms with Gasteiger partial charge in [-0.2, -0.15) is 4.31 Å². The first kappa shape index (κ1) is 16.7. The Morgan fingerprint density at radius 3 is 2.67 bits per heavy atom. The molecule has 1 unspecified atom stereocenters. The smallest absolute Gasteiger partial charge is 0.243 e. The molecule has 1 aliphatic rings. The standard InChI is InChI=1S/C14H21BrN2O3S/c1-10(11-3-4-11)17(7-8-20-2)21(18,19)12-5-6-13(15)14(16)9-12/h5-6,9-11H,3-4,7-8,16H2,1-2H3. The first-order valence-electron chi connectivity index (χ1n) is 6.93. The topological polar surface area (TPSA) is 72.6 Å². The highest BCUT2D eigenvalue weighted by molar-refractivity contribution is 9.10. The number of hydrogen-bond acceptors (Lipinski definition) is 4. The maximum atomic E-state index is 12.9. The van der Waals surface area contributed by atoms with Gasteiger partial charge in [-0.05, 0) is 59.8 Å². The summed E-state index contributed by atoms with van der Waals surface area (Å²) >= 11 is 3.28. The highest BCUT2D eigenvalue weighted by Gasteiger charge is 2.38. The second-order valence-electron chi connectivity index (χ2n) is 5.37. The maximum absolute atomic E-state index is 12.9. The van der Waals surface area contributed by atoms with E-state index < -0.39 is 10.0 Å². The van der Waals surface area contributed by atoms with E-state index in [0.29, 0.717) is 29.2 Å². The van der Waals surface area contributed by atoms with Crippen LogP contribution in [0.25, 0.3) is 0 Å². The number of methoxy groups -OCH3 is 1. The summed E-state index contributed by atoms with van der Waals surface area (Å²) in [4.78, 5) is 0.229. The summed E-state index contributed by atoms with van der Waals surface area (Å²) < 4.78 is 33.0. The summed E-state index contributed by atoms with van der Waals surface area (Å²) in [6.45, 7) is 2.70. The fourth-order valence-electron chi connectivity index (χ4n) is 2.36. The van der Waals surface area contributed by atoms with Gasteiger partial charge < -0.3 is 10.5 Å². The lowest BCUT2D eigenvalue weighted by molar-refractivity contribution is 0.164. The number of sulfonamides is 1. The molecule has 0 amide bonds. The van der Waals surface area contributed by atoms with Crippen molar-refractivity contribution >= 4 is 31.6 Å². The lowest BCUT2D eigenvalue weighted by atomic mass is 10.2. The minimum absolute atomic E-state index is 0.0185. The number of ether oxygens (including phenoxy) is 1. The summed E-state index contributed by atoms with van der Waals surface area (Å²) in [5.41, 5.74) is 6.23. The van der Waals surface area contributed by atoms with Crippen molar-refractivity contribution in [2.24, 2.45) is 5.92 Å². The number of halogens is 1. The monoisotopic (exact) mass is 376 g/mol. The minimum Gasteiger partial charge on any atom is -0.398 e. The van der Waals surface area contributed by atoms with E-state index in [1.165, 1.54) is 10.4 Å². The van der Waals surface area contributed by atoms with Gasteiger partial charge >= 0.3 is 0 Å². The number of rotatable bonds is 7. The van der Waals surface area contributed by atoms with E-state index in [-0.39, 0.29) is 10.9 Å². The zero-order valence-electron chi connectivity index (χ0n) is 12.3. The van der Waals surface area contributed by atoms with Gasteiger partial charge in [0.1, 0.15) is 0 Å². The Bertz CT molecular complexity index is 602. The summed E-state index contributed by atoms with van der Waals surface area (Å²) in [7, 11) is -1.99. The van der Waals surface area contributed by atoms with Crippen molar-refractivity contribution in [2.75, 3.05) is 26.0 Å². The first-order chi connectivity index (χ1) is 9.87. The molecule has 0 radical (unpaired) electrons. The van der Waals surface area contributed by atoms with Crippen molar-refractivity contribution in [3.8, 4) is 0 Å². The average molecular weight is 377 g/mol. The van der Waals surface area contributed by atoms with Gasteiger partial charge in [-0.3, -0.25) is 0 Å². The number of anilines is 1. The van der Waals surface area contributed by atoms with Crippen LogP contribution in [-0.2, 0) is 14.8 Å². The van der Waals surface area contributed by atoms with Crippen LogP contribution in [-0.4, -0.2) is 39.0 Å². The highest BCUT2D eigenvalue weighted by atomic mass is 79.9. The molecule has 1 saturated carbocycles. The third-order valence-electron chi connectivity index (χ3n) is 3.85. The van der Waals surface area contributed by atoms with Crippen LogP contribution in [0.1, 0.15) is 19.8 Å². The SMILES string of the molecule is COCCN(C(C)C1CC1)S(=O)(=O)c1ccc(Br)c(N)c1. The Labute approximate surface area is 134 Å². The molecule has 2 rings (SSSR count). The van der Waals surface area contributed by atoms with Crippen LogP contribution in [0.5, 0.6) is 0 Å². The number of nitrogens with zero attached hydrogens (tertiary/aromatic N) is 1. The molecule has 0 spiro atoms. The molecule has 0 heterocycles. The predicted octanol–water partition coefficient (Wildman–Crippen LogP) is 2.47. The van der Waals surface area contributed by atoms with Gasteiger partial charge in [0.2, 0.25) is 10.0 Å². The van der Waals surface area contributed by atoms with E-state index in [0.717, 1.165) is 12.8 Å². The van der Waals surface area contributed by atoms with Crippen molar-refractivity contribution in [3.63, 3.8) is 0 Å². The molecule has 0 aromatic heterocycles. The van der Waals surface area contributed by atoms with Gasteiger partial charge in [0.25, 0.3) is 0 Å². The lowest BCUT2D eigenvalue weighted by Gasteiger charge is -2.28. The maximum Gasteiger partial charge on any atom is 0.243 e. The van der Waals surface area contributed by atoms with Gasteiger partial charge in [-0.1, -0.05) is 0 Å². The van der Waals surface area contributed by atoms with E-state index in [1.807, 2.05) is 6.92 Å². The second-order valence-corrected chi connectivity index (χ2v) is 8.11. The Morgan fingerprint density at radius 2 is 2.14 bits per heavy atom. The molecule has 0 bridgehead atoms. The number of nitrogen functional groups attached to an aromatic ring is 1. The fourth-order valence-corrected chi connectivity index (χ4v) is 4.31. The number of hydrogen-bond donors (Lipinski definition) is 1. The summed E-state index contributed by atoms with van der Waals surface area (Å²) in [5.74, 6) is 0.449. The van der Waals surface area contributed by atoms with Gasteiger partial charge in [0.15, 0.2) is 0 Å². The third kappa shape index (κ3) is 3.77. The molecule has 1 aromatic rings. The summed E-state index contributed by atoms with van der Waals surface area (Å²) in [6, 6.07) is 4.72. The van der Waals surface area contributed by atoms with Crippen LogP contribution in [0.15, 0.2) is 27.6 Å². The van der Waals surface area contributed by atoms with Crippen LogP contribution >= 0.6 is 15.9 Å². The van der Waals surface area contributed by atoms with Crippen LogP contribution in [0.2, 0.25) is 0 Å². The second kappa shape index (κ2) is 6.64. The van der Waals surface area contributed by atoms with Crippen LogP contribution in [0.3, 0.4) is 0 Å². The molecular formula is C14H21BrN2O3S. The summed E-state index contributed by atoms with van der Waals surface area (Å²) in [6.07, 6.45) is 2.17. The molecule has 118 valence electrons. The zero-order chi connectivity index (χ0) is 15.6. The Morgan fingerprint density at radius 1 is 1.48 bits per heavy atom. The van der Waals surface area contributed by atoms with Gasteiger partial charge in [0.05, 0.1) is 11.5 Å². The molecule has 0 aliphatic heterocycles. The normalized spacial score (nSPS) is 17.1. The molecule has 21 heavy (non-hydrogen) atoms. The molecule has 7 heteroatoms. The molecule has 5 nitrogen and oxygen atoms in total. The zero-order valence-corrected chi connectivity index (χ0v) is 14.7. The Kier molecular flexibility index (Phi) is 5.29. The molecule has 1 aromatic carbocycles. The molecule has 1 aliphatic carbocycles. The van der Waals surface area contributed by atoms with Gasteiger partial charge in [-0.15, -0.1) is 0 Å². The largest absolute Gasteiger partial charge is 0.398 e. The third-order valence-corrected chi connectivity index (χ3v) is 6.55. The van der Waals surface area contributed by atoms with Crippen LogP contribution in [0.4, 0.5) is 5.69 Å². The number of nitrogens with two attached hydrogens (primary N) is 1.